The van der Waals surface area contributed by atoms with E-state index in [2.05, 4.69) is 0 Å². The van der Waals surface area contributed by atoms with Crippen LogP contribution in [0.5, 0.6) is 0 Å². The Labute approximate surface area is 53.4 Å². The SMILES string of the molecule is FN1CCCCC1Cl. The fourth-order valence-electron chi connectivity index (χ4n) is 0.856. The van der Waals surface area contributed by atoms with Crippen molar-refractivity contribution in [2.75, 3.05) is 6.54 Å². The average Bonchev–Trinajstić information content (AvgIpc) is 1.77. The maximum absolute atomic E-state index is 12.3. The molecule has 1 aliphatic heterocycles. The van der Waals surface area contributed by atoms with Gasteiger partial charge in [0.15, 0.2) is 0 Å². The normalized spacial score (nSPS) is 33.0. The molecule has 0 saturated carbocycles. The average molecular weight is 138 g/mol. The molecule has 0 amide bonds. The van der Waals surface area contributed by atoms with Crippen molar-refractivity contribution in [2.24, 2.45) is 0 Å². The Morgan fingerprint density at radius 3 is 2.62 bits per heavy atom. The maximum Gasteiger partial charge on any atom is 0.114 e. The van der Waals surface area contributed by atoms with Crippen molar-refractivity contribution in [1.29, 1.82) is 0 Å². The fourth-order valence-corrected chi connectivity index (χ4v) is 1.11. The van der Waals surface area contributed by atoms with Gasteiger partial charge in [-0.2, -0.15) is 0 Å². The van der Waals surface area contributed by atoms with Gasteiger partial charge in [0.25, 0.3) is 0 Å². The second kappa shape index (κ2) is 2.65. The minimum atomic E-state index is -0.358. The van der Waals surface area contributed by atoms with Gasteiger partial charge in [0, 0.05) is 6.54 Å². The van der Waals surface area contributed by atoms with E-state index in [9.17, 15) is 4.48 Å². The molecule has 1 unspecified atom stereocenters. The van der Waals surface area contributed by atoms with E-state index in [1.807, 2.05) is 0 Å². The Bertz CT molecular complexity index is 68.8. The molecule has 0 aromatic heterocycles. The van der Waals surface area contributed by atoms with E-state index in [0.717, 1.165) is 19.3 Å². The van der Waals surface area contributed by atoms with Gasteiger partial charge in [-0.05, 0) is 19.3 Å². The summed E-state index contributed by atoms with van der Waals surface area (Å²) in [7, 11) is 0. The first-order valence-electron chi connectivity index (χ1n) is 2.87. The molecule has 8 heavy (non-hydrogen) atoms. The topological polar surface area (TPSA) is 3.24 Å². The van der Waals surface area contributed by atoms with Crippen LogP contribution in [-0.4, -0.2) is 17.2 Å². The third-order valence-electron chi connectivity index (χ3n) is 1.37. The van der Waals surface area contributed by atoms with E-state index in [0.29, 0.717) is 11.7 Å². The van der Waals surface area contributed by atoms with Gasteiger partial charge >= 0.3 is 0 Å². The Kier molecular flexibility index (Phi) is 2.08. The highest BCUT2D eigenvalue weighted by Crippen LogP contribution is 2.19. The van der Waals surface area contributed by atoms with Crippen molar-refractivity contribution in [2.45, 2.75) is 24.8 Å². The van der Waals surface area contributed by atoms with E-state index in [1.165, 1.54) is 0 Å². The van der Waals surface area contributed by atoms with Gasteiger partial charge in [-0.1, -0.05) is 0 Å². The maximum atomic E-state index is 12.3. The summed E-state index contributed by atoms with van der Waals surface area (Å²) in [6.07, 6.45) is 2.80. The summed E-state index contributed by atoms with van der Waals surface area (Å²) in [6.45, 7) is 0.508. The summed E-state index contributed by atoms with van der Waals surface area (Å²) in [4.78, 5) is 0. The molecular formula is C5H9ClFN. The van der Waals surface area contributed by atoms with Crippen LogP contribution < -0.4 is 0 Å². The molecule has 3 heteroatoms. The fraction of sp³-hybridized carbons (Fsp3) is 1.00. The Hall–Kier alpha value is 0.180. The van der Waals surface area contributed by atoms with Gasteiger partial charge in [0.2, 0.25) is 0 Å². The second-order valence-corrected chi connectivity index (χ2v) is 2.56. The third-order valence-corrected chi connectivity index (χ3v) is 1.80. The summed E-state index contributed by atoms with van der Waals surface area (Å²) >= 11 is 5.52. The monoisotopic (exact) mass is 137 g/mol. The van der Waals surface area contributed by atoms with E-state index in [1.54, 1.807) is 0 Å². The molecule has 1 heterocycles. The van der Waals surface area contributed by atoms with Gasteiger partial charge in [-0.25, -0.2) is 0 Å². The van der Waals surface area contributed by atoms with Crippen LogP contribution in [0.25, 0.3) is 0 Å². The molecule has 48 valence electrons. The molecule has 0 N–H and O–H groups in total. The predicted octanol–water partition coefficient (Wildman–Crippen LogP) is 1.92. The highest BCUT2D eigenvalue weighted by atomic mass is 35.5. The number of alkyl halides is 1. The van der Waals surface area contributed by atoms with Gasteiger partial charge in [-0.15, -0.1) is 21.2 Å². The molecule has 1 saturated heterocycles. The number of nitrogens with zero attached hydrogens (tertiary/aromatic N) is 1. The zero-order chi connectivity index (χ0) is 5.98. The van der Waals surface area contributed by atoms with Crippen LogP contribution in [0.3, 0.4) is 0 Å². The van der Waals surface area contributed by atoms with Crippen LogP contribution in [0.4, 0.5) is 4.48 Å². The van der Waals surface area contributed by atoms with Crippen molar-refractivity contribution in [3.63, 3.8) is 0 Å². The Morgan fingerprint density at radius 2 is 2.25 bits per heavy atom. The molecular weight excluding hydrogens is 129 g/mol. The number of rotatable bonds is 0. The van der Waals surface area contributed by atoms with Gasteiger partial charge in [-0.3, -0.25) is 0 Å². The van der Waals surface area contributed by atoms with E-state index >= 15 is 0 Å². The number of piperidine rings is 1. The summed E-state index contributed by atoms with van der Waals surface area (Å²) in [6, 6.07) is 0. The molecule has 1 aliphatic rings. The summed E-state index contributed by atoms with van der Waals surface area (Å²) < 4.78 is 12.3. The summed E-state index contributed by atoms with van der Waals surface area (Å²) in [5, 5.41) is 0.699. The molecule has 0 bridgehead atoms. The van der Waals surface area contributed by atoms with Crippen LogP contribution >= 0.6 is 11.6 Å². The lowest BCUT2D eigenvalue weighted by Crippen LogP contribution is -2.28. The minimum absolute atomic E-state index is 0.358. The van der Waals surface area contributed by atoms with E-state index in [4.69, 9.17) is 11.6 Å². The van der Waals surface area contributed by atoms with Crippen molar-refractivity contribution < 1.29 is 4.48 Å². The van der Waals surface area contributed by atoms with Crippen molar-refractivity contribution in [3.8, 4) is 0 Å². The third kappa shape index (κ3) is 1.33. The first kappa shape index (κ1) is 6.30. The van der Waals surface area contributed by atoms with E-state index < -0.39 is 0 Å². The predicted molar refractivity (Wildman–Crippen MR) is 31.3 cm³/mol. The number of hydrogen-bond donors (Lipinski definition) is 0. The molecule has 1 atom stereocenters. The second-order valence-electron chi connectivity index (χ2n) is 2.05. The Morgan fingerprint density at radius 1 is 1.50 bits per heavy atom. The van der Waals surface area contributed by atoms with Crippen molar-refractivity contribution in [1.82, 2.24) is 5.12 Å². The lowest BCUT2D eigenvalue weighted by molar-refractivity contribution is -0.0119. The smallest absolute Gasteiger partial charge is 0.114 e. The summed E-state index contributed by atoms with van der Waals surface area (Å²) in [5.41, 5.74) is -0.358. The van der Waals surface area contributed by atoms with Crippen LogP contribution in [0.15, 0.2) is 0 Å². The Balaban J connectivity index is 2.28. The standard InChI is InChI=1S/C5H9ClFN/c6-5-3-1-2-4-8(5)7/h5H,1-4H2. The first-order chi connectivity index (χ1) is 3.80. The molecule has 0 aromatic rings. The van der Waals surface area contributed by atoms with Crippen LogP contribution in [0.1, 0.15) is 19.3 Å². The van der Waals surface area contributed by atoms with E-state index in [-0.39, 0.29) is 5.50 Å². The van der Waals surface area contributed by atoms with Crippen molar-refractivity contribution >= 4 is 11.6 Å². The molecule has 1 fully saturated rings. The van der Waals surface area contributed by atoms with Gasteiger partial charge in [0.1, 0.15) is 5.50 Å². The molecule has 0 radical (unpaired) electrons. The highest BCUT2D eigenvalue weighted by molar-refractivity contribution is 6.20. The largest absolute Gasteiger partial charge is 0.133 e. The van der Waals surface area contributed by atoms with Gasteiger partial charge < -0.3 is 0 Å². The zero-order valence-electron chi connectivity index (χ0n) is 4.61. The quantitative estimate of drug-likeness (QED) is 0.280. The number of halogens is 2. The first-order valence-corrected chi connectivity index (χ1v) is 3.31. The van der Waals surface area contributed by atoms with Crippen LogP contribution in [0.2, 0.25) is 0 Å². The molecule has 0 aromatic carbocycles. The molecule has 1 nitrogen and oxygen atoms in total. The van der Waals surface area contributed by atoms with Gasteiger partial charge in [0.05, 0.1) is 0 Å². The lowest BCUT2D eigenvalue weighted by Gasteiger charge is -2.22. The minimum Gasteiger partial charge on any atom is -0.133 e. The highest BCUT2D eigenvalue weighted by Gasteiger charge is 2.18. The lowest BCUT2D eigenvalue weighted by atomic mass is 10.2. The molecule has 0 spiro atoms. The zero-order valence-corrected chi connectivity index (χ0v) is 5.36. The van der Waals surface area contributed by atoms with Crippen molar-refractivity contribution in [3.05, 3.63) is 0 Å². The summed E-state index contributed by atoms with van der Waals surface area (Å²) in [5.74, 6) is 0. The number of hydrogen-bond acceptors (Lipinski definition) is 1. The molecule has 1 rings (SSSR count). The van der Waals surface area contributed by atoms with Crippen LogP contribution in [0, 0.1) is 0 Å². The molecule has 0 aliphatic carbocycles. The van der Waals surface area contributed by atoms with Crippen LogP contribution in [-0.2, 0) is 0 Å².